The number of carbonyl (C=O) groups excluding carboxylic acids is 1. The third kappa shape index (κ3) is 4.85. The van der Waals surface area contributed by atoms with E-state index in [1.807, 2.05) is 24.3 Å². The summed E-state index contributed by atoms with van der Waals surface area (Å²) in [6.07, 6.45) is 0.559. The molecule has 27 heavy (non-hydrogen) atoms. The Morgan fingerprint density at radius 2 is 2.00 bits per heavy atom. The minimum absolute atomic E-state index is 0.0167. The lowest BCUT2D eigenvalue weighted by Gasteiger charge is -2.33. The molecule has 2 N–H and O–H groups in total. The molecule has 1 saturated heterocycles. The SMILES string of the molecule is COc1cccc(C[C@H]2CN(C(=O)c3ccc(S(N)(=O)=O)cc3)CCO2)c1. The highest BCUT2D eigenvalue weighted by Gasteiger charge is 2.25. The van der Waals surface area contributed by atoms with Crippen LogP contribution in [0.4, 0.5) is 0 Å². The van der Waals surface area contributed by atoms with E-state index in [9.17, 15) is 13.2 Å². The normalized spacial score (nSPS) is 17.6. The van der Waals surface area contributed by atoms with E-state index >= 15 is 0 Å². The van der Waals surface area contributed by atoms with Crippen molar-refractivity contribution >= 4 is 15.9 Å². The molecule has 1 aliphatic rings. The number of nitrogens with zero attached hydrogens (tertiary/aromatic N) is 1. The van der Waals surface area contributed by atoms with Crippen LogP contribution >= 0.6 is 0 Å². The molecule has 0 radical (unpaired) electrons. The first-order chi connectivity index (χ1) is 12.9. The van der Waals surface area contributed by atoms with Crippen LogP contribution in [0.15, 0.2) is 53.4 Å². The molecule has 144 valence electrons. The lowest BCUT2D eigenvalue weighted by molar-refractivity contribution is -0.0208. The van der Waals surface area contributed by atoms with Crippen LogP contribution in [0, 0.1) is 0 Å². The molecule has 0 unspecified atom stereocenters. The van der Waals surface area contributed by atoms with E-state index in [2.05, 4.69) is 0 Å². The number of hydrogen-bond donors (Lipinski definition) is 1. The second kappa shape index (κ2) is 8.08. The highest BCUT2D eigenvalue weighted by atomic mass is 32.2. The van der Waals surface area contributed by atoms with E-state index in [1.165, 1.54) is 24.3 Å². The summed E-state index contributed by atoms with van der Waals surface area (Å²) in [7, 11) is -2.15. The summed E-state index contributed by atoms with van der Waals surface area (Å²) in [5.41, 5.74) is 1.50. The maximum atomic E-state index is 12.7. The van der Waals surface area contributed by atoms with E-state index in [4.69, 9.17) is 14.6 Å². The average molecular weight is 390 g/mol. The first-order valence-corrected chi connectivity index (χ1v) is 10.1. The summed E-state index contributed by atoms with van der Waals surface area (Å²) in [4.78, 5) is 14.4. The van der Waals surface area contributed by atoms with Gasteiger partial charge >= 0.3 is 0 Å². The van der Waals surface area contributed by atoms with Gasteiger partial charge in [-0.2, -0.15) is 0 Å². The zero-order chi connectivity index (χ0) is 19.4. The van der Waals surface area contributed by atoms with Crippen molar-refractivity contribution in [2.24, 2.45) is 5.14 Å². The molecule has 1 amide bonds. The van der Waals surface area contributed by atoms with Gasteiger partial charge in [0.15, 0.2) is 0 Å². The predicted octanol–water partition coefficient (Wildman–Crippen LogP) is 1.43. The van der Waals surface area contributed by atoms with Crippen molar-refractivity contribution in [1.29, 1.82) is 0 Å². The van der Waals surface area contributed by atoms with Crippen LogP contribution in [-0.2, 0) is 21.2 Å². The maximum Gasteiger partial charge on any atom is 0.254 e. The van der Waals surface area contributed by atoms with E-state index in [1.54, 1.807) is 12.0 Å². The second-order valence-corrected chi connectivity index (χ2v) is 7.93. The van der Waals surface area contributed by atoms with Crippen molar-refractivity contribution in [3.8, 4) is 5.75 Å². The summed E-state index contributed by atoms with van der Waals surface area (Å²) in [5, 5.41) is 5.09. The van der Waals surface area contributed by atoms with Crippen molar-refractivity contribution < 1.29 is 22.7 Å². The third-order valence-corrected chi connectivity index (χ3v) is 5.38. The Balaban J connectivity index is 1.67. The smallest absolute Gasteiger partial charge is 0.254 e. The molecular weight excluding hydrogens is 368 g/mol. The molecule has 0 saturated carbocycles. The summed E-state index contributed by atoms with van der Waals surface area (Å²) >= 11 is 0. The molecule has 1 atom stereocenters. The number of sulfonamides is 1. The topological polar surface area (TPSA) is 98.9 Å². The van der Waals surface area contributed by atoms with Gasteiger partial charge in [-0.3, -0.25) is 4.79 Å². The Morgan fingerprint density at radius 1 is 1.26 bits per heavy atom. The van der Waals surface area contributed by atoms with Crippen LogP contribution in [0.1, 0.15) is 15.9 Å². The highest BCUT2D eigenvalue weighted by molar-refractivity contribution is 7.89. The molecule has 0 aromatic heterocycles. The van der Waals surface area contributed by atoms with E-state index in [-0.39, 0.29) is 16.9 Å². The monoisotopic (exact) mass is 390 g/mol. The van der Waals surface area contributed by atoms with Gasteiger partial charge in [0, 0.05) is 25.1 Å². The van der Waals surface area contributed by atoms with Crippen LogP contribution in [0.3, 0.4) is 0 Å². The molecule has 0 spiro atoms. The number of nitrogens with two attached hydrogens (primary N) is 1. The third-order valence-electron chi connectivity index (χ3n) is 4.45. The van der Waals surface area contributed by atoms with Gasteiger partial charge in [-0.1, -0.05) is 12.1 Å². The van der Waals surface area contributed by atoms with Gasteiger partial charge in [-0.25, -0.2) is 13.6 Å². The van der Waals surface area contributed by atoms with Crippen LogP contribution in [-0.4, -0.2) is 52.1 Å². The first-order valence-electron chi connectivity index (χ1n) is 8.53. The number of amides is 1. The lowest BCUT2D eigenvalue weighted by atomic mass is 10.1. The van der Waals surface area contributed by atoms with Gasteiger partial charge in [0.05, 0.1) is 24.7 Å². The van der Waals surface area contributed by atoms with Crippen molar-refractivity contribution in [3.05, 3.63) is 59.7 Å². The van der Waals surface area contributed by atoms with Gasteiger partial charge in [-0.15, -0.1) is 0 Å². The fourth-order valence-corrected chi connectivity index (χ4v) is 3.57. The number of primary sulfonamides is 1. The van der Waals surface area contributed by atoms with E-state index < -0.39 is 10.0 Å². The number of carbonyl (C=O) groups is 1. The van der Waals surface area contributed by atoms with Crippen LogP contribution in [0.2, 0.25) is 0 Å². The molecule has 0 aliphatic carbocycles. The molecule has 2 aromatic rings. The molecule has 1 aliphatic heterocycles. The molecule has 2 aromatic carbocycles. The summed E-state index contributed by atoms with van der Waals surface area (Å²) in [5.74, 6) is 0.626. The van der Waals surface area contributed by atoms with Crippen molar-refractivity contribution in [3.63, 3.8) is 0 Å². The number of rotatable bonds is 5. The molecule has 3 rings (SSSR count). The Bertz CT molecular complexity index is 912. The summed E-state index contributed by atoms with van der Waals surface area (Å²) in [6.45, 7) is 1.41. The largest absolute Gasteiger partial charge is 0.497 e. The van der Waals surface area contributed by atoms with Gasteiger partial charge in [0.1, 0.15) is 5.75 Å². The predicted molar refractivity (Wildman–Crippen MR) is 100 cm³/mol. The molecule has 1 fully saturated rings. The number of hydrogen-bond acceptors (Lipinski definition) is 5. The average Bonchev–Trinajstić information content (AvgIpc) is 2.67. The van der Waals surface area contributed by atoms with Gasteiger partial charge in [0.25, 0.3) is 5.91 Å². The minimum atomic E-state index is -3.77. The Labute approximate surface area is 158 Å². The lowest BCUT2D eigenvalue weighted by Crippen LogP contribution is -2.46. The Kier molecular flexibility index (Phi) is 5.79. The van der Waals surface area contributed by atoms with Gasteiger partial charge in [-0.05, 0) is 42.0 Å². The zero-order valence-electron chi connectivity index (χ0n) is 15.0. The number of benzene rings is 2. The fraction of sp³-hybridized carbons (Fsp3) is 0.316. The Hall–Kier alpha value is -2.42. The zero-order valence-corrected chi connectivity index (χ0v) is 15.8. The van der Waals surface area contributed by atoms with Crippen molar-refractivity contribution in [2.45, 2.75) is 17.4 Å². The Morgan fingerprint density at radius 3 is 2.67 bits per heavy atom. The molecule has 1 heterocycles. The second-order valence-electron chi connectivity index (χ2n) is 6.37. The van der Waals surface area contributed by atoms with Crippen LogP contribution in [0.5, 0.6) is 5.75 Å². The van der Waals surface area contributed by atoms with E-state index in [0.717, 1.165) is 11.3 Å². The van der Waals surface area contributed by atoms with E-state index in [0.29, 0.717) is 31.7 Å². The number of morpholine rings is 1. The van der Waals surface area contributed by atoms with Gasteiger partial charge in [0.2, 0.25) is 10.0 Å². The number of methoxy groups -OCH3 is 1. The van der Waals surface area contributed by atoms with Crippen LogP contribution in [0.25, 0.3) is 0 Å². The van der Waals surface area contributed by atoms with Gasteiger partial charge < -0.3 is 14.4 Å². The fourth-order valence-electron chi connectivity index (χ4n) is 3.06. The first kappa shape index (κ1) is 19.3. The highest BCUT2D eigenvalue weighted by Crippen LogP contribution is 2.18. The molecule has 0 bridgehead atoms. The van der Waals surface area contributed by atoms with Crippen LogP contribution < -0.4 is 9.88 Å². The molecular formula is C19H22N2O5S. The van der Waals surface area contributed by atoms with Crippen molar-refractivity contribution in [1.82, 2.24) is 4.90 Å². The summed E-state index contributed by atoms with van der Waals surface area (Å²) in [6, 6.07) is 13.4. The molecule has 8 heteroatoms. The summed E-state index contributed by atoms with van der Waals surface area (Å²) < 4.78 is 33.7. The quantitative estimate of drug-likeness (QED) is 0.833. The standard InChI is InChI=1S/C19H22N2O5S/c1-25-16-4-2-3-14(11-16)12-17-13-21(9-10-26-17)19(22)15-5-7-18(8-6-15)27(20,23)24/h2-8,11,17H,9-10,12-13H2,1H3,(H2,20,23,24)/t17-/m0/s1. The number of ether oxygens (including phenoxy) is 2. The van der Waals surface area contributed by atoms with Crippen molar-refractivity contribution in [2.75, 3.05) is 26.8 Å². The minimum Gasteiger partial charge on any atom is -0.497 e. The molecule has 7 nitrogen and oxygen atoms in total. The maximum absolute atomic E-state index is 12.7.